The van der Waals surface area contributed by atoms with E-state index in [1.54, 1.807) is 21.3 Å². The van der Waals surface area contributed by atoms with E-state index >= 15 is 0 Å². The van der Waals surface area contributed by atoms with Gasteiger partial charge in [0.1, 0.15) is 26.2 Å². The second-order valence-corrected chi connectivity index (χ2v) is 24.6. The lowest BCUT2D eigenvalue weighted by molar-refractivity contribution is 0.412. The van der Waals surface area contributed by atoms with Crippen LogP contribution in [0.25, 0.3) is 44.5 Å². The molecule has 0 saturated heterocycles. The van der Waals surface area contributed by atoms with Crippen molar-refractivity contribution >= 4 is 122 Å². The molecule has 0 heterocycles. The predicted octanol–water partition coefficient (Wildman–Crippen LogP) is 19.1. The SMILES string of the molecule is COc1cc(-c2ccccc2)c(C)c(-c2ccccc2)c1.COc1cc(-c2ccccc2Br)c(C)c(-c2ccccc2Br)c1Br.COc1cc(C)c(C)c(C)c1.O=PP.[2H]B(P)[P+](=O)P.[2H]P(P)P=O. The van der Waals surface area contributed by atoms with E-state index in [1.165, 1.54) is 50.1 Å². The van der Waals surface area contributed by atoms with Crippen molar-refractivity contribution in [1.82, 2.24) is 0 Å². The van der Waals surface area contributed by atoms with Gasteiger partial charge in [-0.2, -0.15) is 0 Å². The van der Waals surface area contributed by atoms with E-state index in [0.29, 0.717) is 0 Å². The molecule has 68 heavy (non-hydrogen) atoms. The summed E-state index contributed by atoms with van der Waals surface area (Å²) in [5.74, 6) is 2.65. The zero-order chi connectivity index (χ0) is 52.5. The summed E-state index contributed by atoms with van der Waals surface area (Å²) >= 11 is 11.1. The van der Waals surface area contributed by atoms with Crippen LogP contribution in [0.5, 0.6) is 17.2 Å². The van der Waals surface area contributed by atoms with Gasteiger partial charge in [-0.25, -0.2) is 0 Å². The van der Waals surface area contributed by atoms with Crippen LogP contribution in [-0.2, 0) is 13.7 Å². The van der Waals surface area contributed by atoms with E-state index in [2.05, 4.69) is 213 Å². The fraction of sp³-hybridized carbons (Fsp3) is 0.160. The third-order valence-corrected chi connectivity index (χ3v) is 16.3. The van der Waals surface area contributed by atoms with Crippen molar-refractivity contribution in [2.45, 2.75) is 34.6 Å². The minimum absolute atomic E-state index is 0.0586. The molecule has 0 saturated carbocycles. The number of hydrogen-bond acceptors (Lipinski definition) is 6. The molecule has 6 nitrogen and oxygen atoms in total. The Morgan fingerprint density at radius 3 is 1.35 bits per heavy atom. The largest absolute Gasteiger partial charge is 0.497 e. The predicted molar refractivity (Wildman–Crippen MR) is 325 cm³/mol. The molecule has 0 aromatic heterocycles. The molecule has 0 bridgehead atoms. The Hall–Kier alpha value is -2.11. The quantitative estimate of drug-likeness (QED) is 0.106. The maximum Gasteiger partial charge on any atom is 0.459 e. The first-order valence-electron chi connectivity index (χ1n) is 21.4. The smallest absolute Gasteiger partial charge is 0.459 e. The first-order chi connectivity index (χ1) is 33.3. The Morgan fingerprint density at radius 2 is 0.985 bits per heavy atom. The number of hydrogen-bond donors (Lipinski definition) is 0. The second kappa shape index (κ2) is 34.3. The average molecular weight is 1250 g/mol. The Balaban J connectivity index is 0.000000329. The summed E-state index contributed by atoms with van der Waals surface area (Å²) in [4.78, 5) is 0. The van der Waals surface area contributed by atoms with Crippen molar-refractivity contribution < 1.29 is 27.9 Å². The van der Waals surface area contributed by atoms with Crippen LogP contribution < -0.4 is 14.2 Å². The fourth-order valence-electron chi connectivity index (χ4n) is 6.57. The van der Waals surface area contributed by atoms with Gasteiger partial charge in [-0.15, -0.1) is 18.0 Å². The molecule has 6 atom stereocenters. The third-order valence-electron chi connectivity index (χ3n) is 10.1. The number of aryl methyl sites for hydroxylation is 2. The summed E-state index contributed by atoms with van der Waals surface area (Å²) < 4.78 is 60.9. The standard InChI is InChI=1S/C20H15Br3O.C20H18O.C10H14O.BH5OP3.H3OP3.H2OP2/c1-12-15(13-7-3-5-9-16(13)21)11-18(24-2)20(23)19(12)14-8-4-6-10-17(14)22;1-15-19(16-9-5-3-6-10-16)13-18(21-2)14-20(15)17-11-7-4-8-12-17;1-7-5-10(11-4)6-8(2)9(7)3;2-5(4)1-3;1-3-4-2;1-3-2/h3-11H,1-2H3;3-14H,1-2H3;5-6H,1-4H3;1H,3-4H2;4H,2H2;2H2/q;;;+1;;/i;;;1D;4D;. The topological polar surface area (TPSA) is 78.9 Å². The van der Waals surface area contributed by atoms with Crippen LogP contribution in [0, 0.1) is 34.6 Å². The molecule has 0 fully saturated rings. The van der Waals surface area contributed by atoms with Gasteiger partial charge < -0.3 is 14.2 Å². The van der Waals surface area contributed by atoms with Gasteiger partial charge in [0.05, 0.1) is 28.4 Å². The third kappa shape index (κ3) is 19.8. The van der Waals surface area contributed by atoms with E-state index in [4.69, 9.17) is 21.4 Å². The normalized spacial score (nSPS) is 11.0. The van der Waals surface area contributed by atoms with E-state index in [0.717, 1.165) is 52.9 Å². The minimum Gasteiger partial charge on any atom is -0.497 e. The molecule has 0 aliphatic rings. The molecule has 0 N–H and O–H groups in total. The van der Waals surface area contributed by atoms with Gasteiger partial charge in [0.2, 0.25) is 0 Å². The lowest BCUT2D eigenvalue weighted by Crippen LogP contribution is -1.96. The summed E-state index contributed by atoms with van der Waals surface area (Å²) in [6.45, 7) is 10.1. The Labute approximate surface area is 447 Å². The average Bonchev–Trinajstić information content (AvgIpc) is 3.35. The van der Waals surface area contributed by atoms with Crippen molar-refractivity contribution in [2.24, 2.45) is 0 Å². The number of ether oxygens (including phenoxy) is 3. The first-order valence-corrected chi connectivity index (χ1v) is 32.8. The van der Waals surface area contributed by atoms with Crippen molar-refractivity contribution in [2.75, 3.05) is 21.3 Å². The van der Waals surface area contributed by atoms with Crippen molar-refractivity contribution in [3.8, 4) is 61.8 Å². The lowest BCUT2D eigenvalue weighted by atomic mass is 9.92. The van der Waals surface area contributed by atoms with Crippen molar-refractivity contribution in [3.05, 3.63) is 181 Å². The molecule has 356 valence electrons. The summed E-state index contributed by atoms with van der Waals surface area (Å²) in [6.07, 6.45) is 0. The van der Waals surface area contributed by atoms with Gasteiger partial charge in [-0.1, -0.05) is 133 Å². The highest BCUT2D eigenvalue weighted by atomic mass is 79.9. The fourth-order valence-corrected chi connectivity index (χ4v) is 8.34. The number of methoxy groups -OCH3 is 3. The van der Waals surface area contributed by atoms with Crippen LogP contribution in [0.1, 0.15) is 27.8 Å². The molecule has 7 aromatic rings. The molecule has 0 radical (unpaired) electrons. The van der Waals surface area contributed by atoms with Crippen LogP contribution in [0.15, 0.2) is 153 Å². The highest BCUT2D eigenvalue weighted by Crippen LogP contribution is 2.46. The van der Waals surface area contributed by atoms with E-state index in [-0.39, 0.29) is 16.3 Å². The Kier molecular flexibility index (Phi) is 29.5. The number of rotatable bonds is 9. The summed E-state index contributed by atoms with van der Waals surface area (Å²) in [7, 11) is 11.1. The number of benzene rings is 7. The van der Waals surface area contributed by atoms with Crippen LogP contribution in [0.4, 0.5) is 0 Å². The van der Waals surface area contributed by atoms with Crippen molar-refractivity contribution in [3.63, 3.8) is 0 Å². The molecule has 0 amide bonds. The maximum atomic E-state index is 10.0. The summed E-state index contributed by atoms with van der Waals surface area (Å²) in [5.41, 5.74) is 15.8. The molecule has 7 aromatic carbocycles. The second-order valence-electron chi connectivity index (χ2n) is 14.2. The van der Waals surface area contributed by atoms with Crippen LogP contribution >= 0.6 is 115 Å². The Bertz CT molecular complexity index is 2700. The highest BCUT2D eigenvalue weighted by molar-refractivity contribution is 9.11. The first kappa shape index (κ1) is 58.5. The van der Waals surface area contributed by atoms with Gasteiger partial charge in [0.25, 0.3) is 7.37 Å². The van der Waals surface area contributed by atoms with Gasteiger partial charge in [0, 0.05) is 14.5 Å². The highest BCUT2D eigenvalue weighted by Gasteiger charge is 2.19. The van der Waals surface area contributed by atoms with Crippen LogP contribution in [0.2, 0.25) is 0 Å². The molecule has 6 unspecified atom stereocenters. The molecule has 0 aliphatic carbocycles. The van der Waals surface area contributed by atoms with E-state index in [9.17, 15) is 9.13 Å². The summed E-state index contributed by atoms with van der Waals surface area (Å²) in [5, 5.41) is 0. The zero-order valence-electron chi connectivity index (χ0n) is 41.0. The summed E-state index contributed by atoms with van der Waals surface area (Å²) in [6, 6.07) is 47.8. The van der Waals surface area contributed by atoms with Gasteiger partial charge in [-0.3, -0.25) is 9.13 Å². The lowest BCUT2D eigenvalue weighted by Gasteiger charge is -2.19. The molecular formula is C50H57BBr3O6P8+. The van der Waals surface area contributed by atoms with Gasteiger partial charge >= 0.3 is 6.68 Å². The van der Waals surface area contributed by atoms with Gasteiger partial charge in [-0.05, 0) is 177 Å². The van der Waals surface area contributed by atoms with Crippen molar-refractivity contribution in [1.29, 1.82) is 2.61 Å². The monoisotopic (exact) mass is 1250 g/mol. The van der Waals surface area contributed by atoms with E-state index < -0.39 is 22.0 Å². The number of halogens is 3. The maximum absolute atomic E-state index is 10.0. The van der Waals surface area contributed by atoms with Crippen LogP contribution in [-0.4, -0.2) is 30.6 Å². The molecule has 18 heteroatoms. The van der Waals surface area contributed by atoms with Crippen LogP contribution in [0.3, 0.4) is 0 Å². The Morgan fingerprint density at radius 1 is 0.603 bits per heavy atom. The van der Waals surface area contributed by atoms with Gasteiger partial charge in [0.15, 0.2) is 16.3 Å². The molecular weight excluding hydrogens is 1190 g/mol. The molecule has 0 aliphatic heterocycles. The van der Waals surface area contributed by atoms with E-state index in [1.807, 2.05) is 45.3 Å². The molecule has 0 spiro atoms. The zero-order valence-corrected chi connectivity index (χ0v) is 52.0. The minimum atomic E-state index is -1.36. The molecule has 7 rings (SSSR count).